The van der Waals surface area contributed by atoms with E-state index in [1.807, 2.05) is 68.4 Å². The minimum Gasteiger partial charge on any atom is -0.438 e. The standard InChI is InChI=1S/C31H25N5O4S2/c1-18-10-8-14-22(16-18)40-27-23(28(37)34-15-9-11-19(2)26(34)32-27)17-24-29(38)35(31(41)42-24)25-20(3)33(4)36(30(25)39)21-12-6-5-7-13-21/h5-17H,1-4H3/b24-17+. The summed E-state index contributed by atoms with van der Waals surface area (Å²) < 4.78 is 10.9. The average Bonchev–Trinajstić information content (AvgIpc) is 3.36. The third-order valence-corrected chi connectivity index (χ3v) is 8.37. The van der Waals surface area contributed by atoms with Crippen LogP contribution in [-0.2, 0) is 11.8 Å². The number of rotatable bonds is 5. The average molecular weight is 596 g/mol. The molecule has 1 amide bonds. The summed E-state index contributed by atoms with van der Waals surface area (Å²) in [6.07, 6.45) is 3.07. The van der Waals surface area contributed by atoms with Crippen molar-refractivity contribution in [1.29, 1.82) is 0 Å². The van der Waals surface area contributed by atoms with Crippen molar-refractivity contribution < 1.29 is 9.53 Å². The number of carbonyl (C=O) groups excluding carboxylic acids is 1. The number of carbonyl (C=O) groups is 1. The number of hydrogen-bond donors (Lipinski definition) is 0. The molecule has 0 saturated carbocycles. The van der Waals surface area contributed by atoms with Gasteiger partial charge in [0.15, 0.2) is 4.32 Å². The summed E-state index contributed by atoms with van der Waals surface area (Å²) in [7, 11) is 1.75. The van der Waals surface area contributed by atoms with Crippen LogP contribution in [0.2, 0.25) is 0 Å². The molecule has 0 aliphatic carbocycles. The fourth-order valence-corrected chi connectivity index (χ4v) is 6.14. The Balaban J connectivity index is 1.48. The number of thiocarbonyl (C=S) groups is 1. The third-order valence-electron chi connectivity index (χ3n) is 7.07. The predicted octanol–water partition coefficient (Wildman–Crippen LogP) is 5.31. The van der Waals surface area contributed by atoms with Gasteiger partial charge in [-0.2, -0.15) is 4.98 Å². The van der Waals surface area contributed by atoms with E-state index < -0.39 is 11.5 Å². The molecule has 5 aromatic rings. The van der Waals surface area contributed by atoms with E-state index in [0.717, 1.165) is 22.9 Å². The molecule has 3 aromatic heterocycles. The maximum absolute atomic E-state index is 13.8. The molecule has 210 valence electrons. The summed E-state index contributed by atoms with van der Waals surface area (Å²) in [5.74, 6) is 0.0576. The number of hydrogen-bond acceptors (Lipinski definition) is 7. The molecular formula is C31H25N5O4S2. The van der Waals surface area contributed by atoms with Crippen LogP contribution in [0.25, 0.3) is 17.4 Å². The Bertz CT molecular complexity index is 2080. The van der Waals surface area contributed by atoms with Crippen molar-refractivity contribution in [2.24, 2.45) is 7.05 Å². The molecule has 1 saturated heterocycles. The number of nitrogens with zero attached hydrogens (tertiary/aromatic N) is 5. The largest absolute Gasteiger partial charge is 0.438 e. The van der Waals surface area contributed by atoms with Crippen LogP contribution in [0.4, 0.5) is 5.69 Å². The molecule has 42 heavy (non-hydrogen) atoms. The zero-order valence-electron chi connectivity index (χ0n) is 23.2. The Hall–Kier alpha value is -4.74. The van der Waals surface area contributed by atoms with Crippen LogP contribution in [0.15, 0.2) is 87.4 Å². The van der Waals surface area contributed by atoms with Crippen LogP contribution >= 0.6 is 24.0 Å². The summed E-state index contributed by atoms with van der Waals surface area (Å²) in [5.41, 5.74) is 2.88. The van der Waals surface area contributed by atoms with Gasteiger partial charge < -0.3 is 4.74 Å². The number of aromatic nitrogens is 4. The van der Waals surface area contributed by atoms with Crippen LogP contribution in [0.3, 0.4) is 0 Å². The van der Waals surface area contributed by atoms with Gasteiger partial charge in [0.05, 0.1) is 16.3 Å². The summed E-state index contributed by atoms with van der Waals surface area (Å²) in [4.78, 5) is 47.4. The first-order valence-corrected chi connectivity index (χ1v) is 14.3. The molecule has 0 spiro atoms. The van der Waals surface area contributed by atoms with E-state index in [1.54, 1.807) is 37.0 Å². The van der Waals surface area contributed by atoms with E-state index in [4.69, 9.17) is 17.0 Å². The molecule has 1 aliphatic heterocycles. The highest BCUT2D eigenvalue weighted by Crippen LogP contribution is 2.37. The fraction of sp³-hybridized carbons (Fsp3) is 0.129. The van der Waals surface area contributed by atoms with Crippen LogP contribution < -0.4 is 20.8 Å². The van der Waals surface area contributed by atoms with E-state index in [1.165, 1.54) is 20.1 Å². The maximum atomic E-state index is 13.8. The highest BCUT2D eigenvalue weighted by molar-refractivity contribution is 8.27. The Morgan fingerprint density at radius 1 is 0.929 bits per heavy atom. The molecular weight excluding hydrogens is 571 g/mol. The Morgan fingerprint density at radius 2 is 1.69 bits per heavy atom. The molecule has 2 aromatic carbocycles. The molecule has 0 atom stereocenters. The number of aryl methyl sites for hydroxylation is 2. The smallest absolute Gasteiger partial charge is 0.296 e. The first-order valence-electron chi connectivity index (χ1n) is 13.0. The number of para-hydroxylation sites is 1. The lowest BCUT2D eigenvalue weighted by Gasteiger charge is -2.13. The first-order chi connectivity index (χ1) is 20.2. The monoisotopic (exact) mass is 595 g/mol. The number of thioether (sulfide) groups is 1. The summed E-state index contributed by atoms with van der Waals surface area (Å²) in [6.45, 7) is 5.55. The number of benzene rings is 2. The predicted molar refractivity (Wildman–Crippen MR) is 169 cm³/mol. The molecule has 9 nitrogen and oxygen atoms in total. The van der Waals surface area contributed by atoms with Gasteiger partial charge in [-0.05, 0) is 68.3 Å². The normalized spacial score (nSPS) is 14.4. The van der Waals surface area contributed by atoms with Crippen molar-refractivity contribution in [2.45, 2.75) is 20.8 Å². The van der Waals surface area contributed by atoms with Crippen LogP contribution in [0.5, 0.6) is 11.6 Å². The number of ether oxygens (including phenoxy) is 1. The minimum absolute atomic E-state index is 0.0625. The summed E-state index contributed by atoms with van der Waals surface area (Å²) in [6, 6.07) is 20.1. The quantitative estimate of drug-likeness (QED) is 0.201. The van der Waals surface area contributed by atoms with E-state index in [9.17, 15) is 14.4 Å². The van der Waals surface area contributed by atoms with E-state index in [2.05, 4.69) is 4.98 Å². The Morgan fingerprint density at radius 3 is 2.43 bits per heavy atom. The lowest BCUT2D eigenvalue weighted by molar-refractivity contribution is -0.113. The van der Waals surface area contributed by atoms with Gasteiger partial charge in [-0.3, -0.25) is 28.4 Å². The van der Waals surface area contributed by atoms with Crippen molar-refractivity contribution in [3.05, 3.63) is 121 Å². The molecule has 0 radical (unpaired) electrons. The minimum atomic E-state index is -0.508. The molecule has 4 heterocycles. The fourth-order valence-electron chi connectivity index (χ4n) is 4.89. The van der Waals surface area contributed by atoms with Gasteiger partial charge in [0.1, 0.15) is 22.6 Å². The summed E-state index contributed by atoms with van der Waals surface area (Å²) in [5, 5.41) is 0. The Kier molecular flexibility index (Phi) is 6.91. The van der Waals surface area contributed by atoms with E-state index in [0.29, 0.717) is 22.8 Å². The lowest BCUT2D eigenvalue weighted by atomic mass is 10.2. The molecule has 0 N–H and O–H groups in total. The van der Waals surface area contributed by atoms with Gasteiger partial charge in [-0.25, -0.2) is 4.68 Å². The molecule has 11 heteroatoms. The van der Waals surface area contributed by atoms with Crippen molar-refractivity contribution in [3.8, 4) is 17.3 Å². The molecule has 1 fully saturated rings. The number of pyridine rings is 1. The van der Waals surface area contributed by atoms with Gasteiger partial charge >= 0.3 is 0 Å². The van der Waals surface area contributed by atoms with Crippen LogP contribution in [-0.4, -0.2) is 29.0 Å². The molecule has 0 bridgehead atoms. The van der Waals surface area contributed by atoms with Gasteiger partial charge in [0.25, 0.3) is 17.0 Å². The topological polar surface area (TPSA) is 90.8 Å². The van der Waals surface area contributed by atoms with Crippen molar-refractivity contribution >= 4 is 51.6 Å². The molecule has 1 aliphatic rings. The second kappa shape index (κ2) is 10.6. The molecule has 6 rings (SSSR count). The Labute approximate surface area is 250 Å². The second-order valence-corrected chi connectivity index (χ2v) is 11.5. The van der Waals surface area contributed by atoms with Crippen molar-refractivity contribution in [2.75, 3.05) is 4.90 Å². The molecule has 0 unspecified atom stereocenters. The lowest BCUT2D eigenvalue weighted by Crippen LogP contribution is -2.33. The van der Waals surface area contributed by atoms with Crippen molar-refractivity contribution in [3.63, 3.8) is 0 Å². The maximum Gasteiger partial charge on any atom is 0.296 e. The highest BCUT2D eigenvalue weighted by Gasteiger charge is 2.38. The summed E-state index contributed by atoms with van der Waals surface area (Å²) >= 11 is 6.61. The second-order valence-electron chi connectivity index (χ2n) is 9.87. The van der Waals surface area contributed by atoms with E-state index in [-0.39, 0.29) is 31.9 Å². The zero-order valence-corrected chi connectivity index (χ0v) is 24.8. The van der Waals surface area contributed by atoms with Gasteiger partial charge in [-0.15, -0.1) is 0 Å². The third kappa shape index (κ3) is 4.56. The SMILES string of the molecule is Cc1cccc(Oc2nc3c(C)cccn3c(=O)c2/C=C2/SC(=S)N(c3c(C)n(C)n(-c4ccccc4)c3=O)C2=O)c1. The van der Waals surface area contributed by atoms with Crippen molar-refractivity contribution in [1.82, 2.24) is 18.7 Å². The zero-order chi connectivity index (χ0) is 29.7. The number of anilines is 1. The number of amides is 1. The van der Waals surface area contributed by atoms with Gasteiger partial charge in [-0.1, -0.05) is 60.4 Å². The van der Waals surface area contributed by atoms with Crippen LogP contribution in [0.1, 0.15) is 22.4 Å². The van der Waals surface area contributed by atoms with E-state index >= 15 is 0 Å². The highest BCUT2D eigenvalue weighted by atomic mass is 32.2. The van der Waals surface area contributed by atoms with Gasteiger partial charge in [0.2, 0.25) is 5.88 Å². The first kappa shape index (κ1) is 27.4. The number of fused-ring (bicyclic) bond motifs is 1. The van der Waals surface area contributed by atoms with Gasteiger partial charge in [0, 0.05) is 13.2 Å². The van der Waals surface area contributed by atoms with Crippen LogP contribution in [0, 0.1) is 20.8 Å².